The van der Waals surface area contributed by atoms with Crippen molar-refractivity contribution < 1.29 is 4.79 Å². The van der Waals surface area contributed by atoms with Gasteiger partial charge in [0.15, 0.2) is 0 Å². The van der Waals surface area contributed by atoms with E-state index in [1.807, 2.05) is 30.3 Å². The van der Waals surface area contributed by atoms with Crippen molar-refractivity contribution >= 4 is 5.91 Å². The van der Waals surface area contributed by atoms with E-state index in [9.17, 15) is 4.79 Å². The van der Waals surface area contributed by atoms with Crippen LogP contribution in [0.25, 0.3) is 0 Å². The lowest BCUT2D eigenvalue weighted by Crippen LogP contribution is -2.49. The molecule has 2 aliphatic heterocycles. The van der Waals surface area contributed by atoms with E-state index in [0.29, 0.717) is 31.2 Å². The maximum absolute atomic E-state index is 12.1. The number of likely N-dealkylation sites (N-methyl/N-ethyl adjacent to an activating group) is 1. The standard InChI is InChI=1S/C17H25N3O/c1-20(16-9-14-7-8-15(10-16)19-14)12-17(21)18-11-13-5-3-2-4-6-13/h2-6,14-16,19H,7-12H2,1H3,(H,18,21). The molecule has 2 atom stereocenters. The highest BCUT2D eigenvalue weighted by molar-refractivity contribution is 5.78. The van der Waals surface area contributed by atoms with Crippen molar-refractivity contribution in [3.63, 3.8) is 0 Å². The van der Waals surface area contributed by atoms with Crippen LogP contribution in [0.5, 0.6) is 0 Å². The van der Waals surface area contributed by atoms with Crippen LogP contribution >= 0.6 is 0 Å². The van der Waals surface area contributed by atoms with Gasteiger partial charge in [-0.15, -0.1) is 0 Å². The van der Waals surface area contributed by atoms with Gasteiger partial charge in [0.05, 0.1) is 6.54 Å². The van der Waals surface area contributed by atoms with Crippen molar-refractivity contribution in [1.29, 1.82) is 0 Å². The van der Waals surface area contributed by atoms with E-state index in [-0.39, 0.29) is 5.91 Å². The van der Waals surface area contributed by atoms with E-state index >= 15 is 0 Å². The zero-order valence-electron chi connectivity index (χ0n) is 12.7. The van der Waals surface area contributed by atoms with Gasteiger partial charge in [-0.25, -0.2) is 0 Å². The van der Waals surface area contributed by atoms with Gasteiger partial charge in [0.25, 0.3) is 0 Å². The Morgan fingerprint density at radius 1 is 1.24 bits per heavy atom. The van der Waals surface area contributed by atoms with Crippen LogP contribution in [0.3, 0.4) is 0 Å². The van der Waals surface area contributed by atoms with Crippen molar-refractivity contribution in [1.82, 2.24) is 15.5 Å². The van der Waals surface area contributed by atoms with Crippen molar-refractivity contribution in [3.8, 4) is 0 Å². The molecule has 1 aromatic carbocycles. The minimum absolute atomic E-state index is 0.118. The van der Waals surface area contributed by atoms with Gasteiger partial charge in [0, 0.05) is 24.7 Å². The summed E-state index contributed by atoms with van der Waals surface area (Å²) < 4.78 is 0. The summed E-state index contributed by atoms with van der Waals surface area (Å²) >= 11 is 0. The van der Waals surface area contributed by atoms with Crippen molar-refractivity contribution in [2.24, 2.45) is 0 Å². The molecular weight excluding hydrogens is 262 g/mol. The Morgan fingerprint density at radius 3 is 2.57 bits per heavy atom. The maximum atomic E-state index is 12.1. The molecule has 3 rings (SSSR count). The first kappa shape index (κ1) is 14.5. The number of piperidine rings is 1. The largest absolute Gasteiger partial charge is 0.351 e. The fourth-order valence-electron chi connectivity index (χ4n) is 3.60. The highest BCUT2D eigenvalue weighted by atomic mass is 16.2. The number of nitrogens with one attached hydrogen (secondary N) is 2. The summed E-state index contributed by atoms with van der Waals surface area (Å²) in [6.07, 6.45) is 4.96. The number of fused-ring (bicyclic) bond motifs is 2. The van der Waals surface area contributed by atoms with Crippen LogP contribution in [0.2, 0.25) is 0 Å². The highest BCUT2D eigenvalue weighted by Gasteiger charge is 2.35. The molecule has 2 aliphatic rings. The SMILES string of the molecule is CN(CC(=O)NCc1ccccc1)C1CC2CCC(C1)N2. The van der Waals surface area contributed by atoms with Crippen LogP contribution < -0.4 is 10.6 Å². The van der Waals surface area contributed by atoms with E-state index in [1.165, 1.54) is 25.7 Å². The summed E-state index contributed by atoms with van der Waals surface area (Å²) in [5, 5.41) is 6.66. The maximum Gasteiger partial charge on any atom is 0.234 e. The zero-order chi connectivity index (χ0) is 14.7. The number of hydrogen-bond acceptors (Lipinski definition) is 3. The van der Waals surface area contributed by atoms with Gasteiger partial charge in [0.1, 0.15) is 0 Å². The Hall–Kier alpha value is -1.39. The van der Waals surface area contributed by atoms with Gasteiger partial charge in [-0.2, -0.15) is 0 Å². The van der Waals surface area contributed by atoms with E-state index in [1.54, 1.807) is 0 Å². The normalized spacial score (nSPS) is 27.8. The van der Waals surface area contributed by atoms with E-state index in [4.69, 9.17) is 0 Å². The smallest absolute Gasteiger partial charge is 0.234 e. The quantitative estimate of drug-likeness (QED) is 0.863. The van der Waals surface area contributed by atoms with E-state index in [0.717, 1.165) is 5.56 Å². The zero-order valence-corrected chi connectivity index (χ0v) is 12.7. The lowest BCUT2D eigenvalue weighted by molar-refractivity contribution is -0.122. The lowest BCUT2D eigenvalue weighted by Gasteiger charge is -2.35. The van der Waals surface area contributed by atoms with Crippen molar-refractivity contribution in [3.05, 3.63) is 35.9 Å². The third-order valence-electron chi connectivity index (χ3n) is 4.80. The molecule has 2 saturated heterocycles. The molecule has 0 aromatic heterocycles. The second-order valence-corrected chi connectivity index (χ2v) is 6.44. The number of benzene rings is 1. The molecule has 2 heterocycles. The second-order valence-electron chi connectivity index (χ2n) is 6.44. The van der Waals surface area contributed by atoms with Crippen molar-refractivity contribution in [2.45, 2.75) is 50.4 Å². The summed E-state index contributed by atoms with van der Waals surface area (Å²) in [5.41, 5.74) is 1.15. The van der Waals surface area contributed by atoms with Gasteiger partial charge < -0.3 is 10.6 Å². The van der Waals surface area contributed by atoms with Crippen LogP contribution in [0.4, 0.5) is 0 Å². The molecule has 2 bridgehead atoms. The first-order valence-corrected chi connectivity index (χ1v) is 7.97. The molecule has 1 amide bonds. The minimum atomic E-state index is 0.118. The number of hydrogen-bond donors (Lipinski definition) is 2. The molecule has 4 heteroatoms. The monoisotopic (exact) mass is 287 g/mol. The molecule has 2 N–H and O–H groups in total. The first-order chi connectivity index (χ1) is 10.2. The minimum Gasteiger partial charge on any atom is -0.351 e. The van der Waals surface area contributed by atoms with Crippen LogP contribution in [0, 0.1) is 0 Å². The summed E-state index contributed by atoms with van der Waals surface area (Å²) in [4.78, 5) is 14.3. The molecule has 0 radical (unpaired) electrons. The summed E-state index contributed by atoms with van der Waals surface area (Å²) in [7, 11) is 2.08. The predicted octanol–water partition coefficient (Wildman–Crippen LogP) is 1.52. The first-order valence-electron chi connectivity index (χ1n) is 7.97. The van der Waals surface area contributed by atoms with Crippen molar-refractivity contribution in [2.75, 3.05) is 13.6 Å². The van der Waals surface area contributed by atoms with Gasteiger partial charge in [0.2, 0.25) is 5.91 Å². The Morgan fingerprint density at radius 2 is 1.90 bits per heavy atom. The number of carbonyl (C=O) groups excluding carboxylic acids is 1. The molecule has 2 unspecified atom stereocenters. The summed E-state index contributed by atoms with van der Waals surface area (Å²) in [6.45, 7) is 1.11. The lowest BCUT2D eigenvalue weighted by atomic mass is 9.98. The molecule has 4 nitrogen and oxygen atoms in total. The van der Waals surface area contributed by atoms with Crippen LogP contribution in [-0.2, 0) is 11.3 Å². The molecule has 0 saturated carbocycles. The van der Waals surface area contributed by atoms with E-state index < -0.39 is 0 Å². The highest BCUT2D eigenvalue weighted by Crippen LogP contribution is 2.29. The number of rotatable bonds is 5. The van der Waals surface area contributed by atoms with Crippen LogP contribution in [-0.4, -0.2) is 42.5 Å². The van der Waals surface area contributed by atoms with Crippen LogP contribution in [0.1, 0.15) is 31.2 Å². The third-order valence-corrected chi connectivity index (χ3v) is 4.80. The topological polar surface area (TPSA) is 44.4 Å². The molecule has 0 spiro atoms. The fourth-order valence-corrected chi connectivity index (χ4v) is 3.60. The van der Waals surface area contributed by atoms with Crippen LogP contribution in [0.15, 0.2) is 30.3 Å². The summed E-state index contributed by atoms with van der Waals surface area (Å²) in [6, 6.07) is 11.9. The van der Waals surface area contributed by atoms with Gasteiger partial charge in [-0.1, -0.05) is 30.3 Å². The molecule has 21 heavy (non-hydrogen) atoms. The molecule has 1 aromatic rings. The Bertz CT molecular complexity index is 464. The number of nitrogens with zero attached hydrogens (tertiary/aromatic N) is 1. The Balaban J connectivity index is 1.44. The molecular formula is C17H25N3O. The predicted molar refractivity (Wildman–Crippen MR) is 83.9 cm³/mol. The fraction of sp³-hybridized carbons (Fsp3) is 0.588. The average Bonchev–Trinajstić information content (AvgIpc) is 2.84. The van der Waals surface area contributed by atoms with Gasteiger partial charge in [-0.05, 0) is 38.3 Å². The molecule has 2 fully saturated rings. The number of amides is 1. The van der Waals surface area contributed by atoms with Gasteiger partial charge >= 0.3 is 0 Å². The average molecular weight is 287 g/mol. The third kappa shape index (κ3) is 3.83. The molecule has 0 aliphatic carbocycles. The molecule has 114 valence electrons. The summed E-state index contributed by atoms with van der Waals surface area (Å²) in [5.74, 6) is 0.118. The second kappa shape index (κ2) is 6.58. The van der Waals surface area contributed by atoms with E-state index in [2.05, 4.69) is 22.6 Å². The Kier molecular flexibility index (Phi) is 4.56. The Labute approximate surface area is 126 Å². The van der Waals surface area contributed by atoms with Gasteiger partial charge in [-0.3, -0.25) is 9.69 Å². The number of carbonyl (C=O) groups is 1.